The topological polar surface area (TPSA) is 73.0 Å². The first-order valence-corrected chi connectivity index (χ1v) is 9.92. The zero-order chi connectivity index (χ0) is 18.8. The molecule has 2 aromatic heterocycles. The highest BCUT2D eigenvalue weighted by Gasteiger charge is 2.22. The number of aryl methyl sites for hydroxylation is 3. The van der Waals surface area contributed by atoms with Crippen LogP contribution in [0.5, 0.6) is 0 Å². The van der Waals surface area contributed by atoms with Gasteiger partial charge in [0.25, 0.3) is 11.1 Å². The third kappa shape index (κ3) is 4.18. The molecule has 1 aliphatic carbocycles. The average molecular weight is 369 g/mol. The van der Waals surface area contributed by atoms with Crippen molar-refractivity contribution >= 4 is 0 Å². The number of piperidine rings is 1. The second kappa shape index (κ2) is 7.76. The summed E-state index contributed by atoms with van der Waals surface area (Å²) in [6.45, 7) is 3.44. The van der Waals surface area contributed by atoms with Crippen LogP contribution in [0.1, 0.15) is 42.6 Å². The molecular formula is C20H27N5O2. The monoisotopic (exact) mass is 369 g/mol. The molecule has 1 saturated heterocycles. The van der Waals surface area contributed by atoms with E-state index in [1.165, 1.54) is 19.0 Å². The highest BCUT2D eigenvalue weighted by molar-refractivity contribution is 5.20. The van der Waals surface area contributed by atoms with Gasteiger partial charge in [0.15, 0.2) is 0 Å². The minimum absolute atomic E-state index is 0.0486. The van der Waals surface area contributed by atoms with Crippen LogP contribution in [-0.2, 0) is 33.0 Å². The van der Waals surface area contributed by atoms with Gasteiger partial charge < -0.3 is 4.57 Å². The van der Waals surface area contributed by atoms with Gasteiger partial charge in [-0.25, -0.2) is 4.68 Å². The first-order valence-electron chi connectivity index (χ1n) is 9.92. The molecule has 0 bridgehead atoms. The van der Waals surface area contributed by atoms with Gasteiger partial charge in [-0.15, -0.1) is 0 Å². The fraction of sp³-hybridized carbons (Fsp3) is 0.600. The molecule has 7 heteroatoms. The normalized spacial score (nSPS) is 18.4. The Morgan fingerprint density at radius 2 is 1.89 bits per heavy atom. The SMILES string of the molecule is Cn1cc(CN2CCC(Cn3nc4c(cc3=O)CCCC4)CC2)ncc1=O. The van der Waals surface area contributed by atoms with Crippen LogP contribution in [-0.4, -0.2) is 37.3 Å². The molecule has 4 rings (SSSR count). The van der Waals surface area contributed by atoms with E-state index in [9.17, 15) is 9.59 Å². The number of likely N-dealkylation sites (tertiary alicyclic amines) is 1. The number of fused-ring (bicyclic) bond motifs is 1. The number of hydrogen-bond acceptors (Lipinski definition) is 5. The number of rotatable bonds is 4. The summed E-state index contributed by atoms with van der Waals surface area (Å²) in [7, 11) is 1.75. The second-order valence-electron chi connectivity index (χ2n) is 7.89. The molecule has 0 atom stereocenters. The number of aromatic nitrogens is 4. The lowest BCUT2D eigenvalue weighted by Crippen LogP contribution is -2.37. The quantitative estimate of drug-likeness (QED) is 0.808. The molecule has 7 nitrogen and oxygen atoms in total. The number of hydrogen-bond donors (Lipinski definition) is 0. The molecule has 1 aliphatic heterocycles. The molecule has 0 unspecified atom stereocenters. The molecule has 0 spiro atoms. The van der Waals surface area contributed by atoms with Crippen molar-refractivity contribution in [3.8, 4) is 0 Å². The summed E-state index contributed by atoms with van der Waals surface area (Å²) in [5, 5.41) is 4.66. The van der Waals surface area contributed by atoms with Gasteiger partial charge in [-0.1, -0.05) is 0 Å². The Kier molecular flexibility index (Phi) is 5.20. The summed E-state index contributed by atoms with van der Waals surface area (Å²) < 4.78 is 3.27. The Balaban J connectivity index is 1.35. The van der Waals surface area contributed by atoms with Crippen LogP contribution in [0.25, 0.3) is 0 Å². The van der Waals surface area contributed by atoms with Crippen molar-refractivity contribution in [1.82, 2.24) is 24.2 Å². The maximum Gasteiger partial charge on any atom is 0.268 e. The standard InChI is InChI=1S/C20H27N5O2/c1-23-13-17(21-11-20(23)27)14-24-8-6-15(7-9-24)12-25-19(26)10-16-4-2-3-5-18(16)22-25/h10-11,13,15H,2-9,12,14H2,1H3. The van der Waals surface area contributed by atoms with Crippen LogP contribution >= 0.6 is 0 Å². The molecule has 0 N–H and O–H groups in total. The van der Waals surface area contributed by atoms with Gasteiger partial charge in [-0.05, 0) is 63.1 Å². The first-order chi connectivity index (χ1) is 13.1. The molecular weight excluding hydrogens is 342 g/mol. The molecule has 0 aromatic carbocycles. The minimum Gasteiger partial charge on any atom is -0.315 e. The summed E-state index contributed by atoms with van der Waals surface area (Å²) in [5.41, 5.74) is 3.16. The molecule has 2 aromatic rings. The minimum atomic E-state index is -0.0829. The summed E-state index contributed by atoms with van der Waals surface area (Å²) in [6.07, 6.45) is 9.64. The van der Waals surface area contributed by atoms with Crippen LogP contribution in [0.2, 0.25) is 0 Å². The Morgan fingerprint density at radius 1 is 1.11 bits per heavy atom. The van der Waals surface area contributed by atoms with Crippen molar-refractivity contribution in [3.63, 3.8) is 0 Å². The summed E-state index contributed by atoms with van der Waals surface area (Å²) in [5.74, 6) is 0.487. The Hall–Kier alpha value is -2.28. The molecule has 1 fully saturated rings. The Bertz CT molecular complexity index is 925. The highest BCUT2D eigenvalue weighted by atomic mass is 16.1. The van der Waals surface area contributed by atoms with E-state index in [4.69, 9.17) is 0 Å². The van der Waals surface area contributed by atoms with E-state index in [1.54, 1.807) is 16.3 Å². The van der Waals surface area contributed by atoms with Crippen molar-refractivity contribution < 1.29 is 0 Å². The van der Waals surface area contributed by atoms with Gasteiger partial charge in [-0.2, -0.15) is 5.10 Å². The van der Waals surface area contributed by atoms with Gasteiger partial charge >= 0.3 is 0 Å². The lowest BCUT2D eigenvalue weighted by atomic mass is 9.95. The fourth-order valence-electron chi connectivity index (χ4n) is 4.16. The Labute approximate surface area is 158 Å². The zero-order valence-corrected chi connectivity index (χ0v) is 15.9. The van der Waals surface area contributed by atoms with E-state index in [0.717, 1.165) is 68.8 Å². The molecule has 144 valence electrons. The number of nitrogens with zero attached hydrogens (tertiary/aromatic N) is 5. The van der Waals surface area contributed by atoms with Gasteiger partial charge in [0, 0.05) is 32.4 Å². The van der Waals surface area contributed by atoms with E-state index < -0.39 is 0 Å². The van der Waals surface area contributed by atoms with Gasteiger partial charge in [-0.3, -0.25) is 19.5 Å². The predicted octanol–water partition coefficient (Wildman–Crippen LogP) is 1.13. The van der Waals surface area contributed by atoms with Crippen LogP contribution in [0.15, 0.2) is 28.0 Å². The van der Waals surface area contributed by atoms with E-state index in [1.807, 2.05) is 12.3 Å². The van der Waals surface area contributed by atoms with Crippen molar-refractivity contribution in [3.05, 3.63) is 56.1 Å². The lowest BCUT2D eigenvalue weighted by Gasteiger charge is -2.31. The Morgan fingerprint density at radius 3 is 2.67 bits per heavy atom. The van der Waals surface area contributed by atoms with Crippen LogP contribution in [0.3, 0.4) is 0 Å². The molecule has 2 aliphatic rings. The van der Waals surface area contributed by atoms with Crippen LogP contribution < -0.4 is 11.1 Å². The summed E-state index contributed by atoms with van der Waals surface area (Å²) in [4.78, 5) is 30.4. The van der Waals surface area contributed by atoms with Gasteiger partial charge in [0.05, 0.1) is 17.6 Å². The second-order valence-corrected chi connectivity index (χ2v) is 7.89. The fourth-order valence-corrected chi connectivity index (χ4v) is 4.16. The third-order valence-corrected chi connectivity index (χ3v) is 5.83. The predicted molar refractivity (Wildman–Crippen MR) is 103 cm³/mol. The largest absolute Gasteiger partial charge is 0.315 e. The van der Waals surface area contributed by atoms with Crippen molar-refractivity contribution in [1.29, 1.82) is 0 Å². The van der Waals surface area contributed by atoms with E-state index >= 15 is 0 Å². The highest BCUT2D eigenvalue weighted by Crippen LogP contribution is 2.21. The molecule has 0 saturated carbocycles. The third-order valence-electron chi connectivity index (χ3n) is 5.83. The van der Waals surface area contributed by atoms with Gasteiger partial charge in [0.1, 0.15) is 0 Å². The maximum absolute atomic E-state index is 12.4. The van der Waals surface area contributed by atoms with Crippen molar-refractivity contribution in [2.75, 3.05) is 13.1 Å². The molecule has 27 heavy (non-hydrogen) atoms. The summed E-state index contributed by atoms with van der Waals surface area (Å²) >= 11 is 0. The molecule has 0 radical (unpaired) electrons. The van der Waals surface area contributed by atoms with Crippen molar-refractivity contribution in [2.45, 2.75) is 51.6 Å². The van der Waals surface area contributed by atoms with Crippen LogP contribution in [0.4, 0.5) is 0 Å². The van der Waals surface area contributed by atoms with E-state index in [-0.39, 0.29) is 11.1 Å². The first kappa shape index (κ1) is 18.1. The van der Waals surface area contributed by atoms with Crippen molar-refractivity contribution in [2.24, 2.45) is 13.0 Å². The molecule has 0 amide bonds. The van der Waals surface area contributed by atoms with E-state index in [0.29, 0.717) is 5.92 Å². The lowest BCUT2D eigenvalue weighted by molar-refractivity contribution is 0.161. The summed E-state index contributed by atoms with van der Waals surface area (Å²) in [6, 6.07) is 1.81. The van der Waals surface area contributed by atoms with Crippen LogP contribution in [0, 0.1) is 5.92 Å². The average Bonchev–Trinajstić information content (AvgIpc) is 2.67. The zero-order valence-electron chi connectivity index (χ0n) is 15.9. The van der Waals surface area contributed by atoms with Gasteiger partial charge in [0.2, 0.25) is 0 Å². The van der Waals surface area contributed by atoms with E-state index in [2.05, 4.69) is 15.0 Å². The maximum atomic E-state index is 12.4. The molecule has 3 heterocycles. The smallest absolute Gasteiger partial charge is 0.268 e.